The van der Waals surface area contributed by atoms with E-state index < -0.39 is 0 Å². The van der Waals surface area contributed by atoms with Gasteiger partial charge in [-0.05, 0) is 18.1 Å². The monoisotopic (exact) mass is 194 g/mol. The summed E-state index contributed by atoms with van der Waals surface area (Å²) in [4.78, 5) is 0. The largest absolute Gasteiger partial charge is 0.497 e. The summed E-state index contributed by atoms with van der Waals surface area (Å²) in [6.07, 6.45) is 3.75. The molecule has 0 aliphatic carbocycles. The van der Waals surface area contributed by atoms with Crippen molar-refractivity contribution in [2.45, 2.75) is 13.8 Å². The molecule has 2 heteroatoms. The lowest BCUT2D eigenvalue weighted by Gasteiger charge is -2.02. The van der Waals surface area contributed by atoms with E-state index >= 15 is 0 Å². The van der Waals surface area contributed by atoms with E-state index in [0.717, 1.165) is 0 Å². The van der Waals surface area contributed by atoms with Gasteiger partial charge in [0.15, 0.2) is 0 Å². The van der Waals surface area contributed by atoms with Crippen molar-refractivity contribution in [2.75, 3.05) is 7.11 Å². The van der Waals surface area contributed by atoms with Gasteiger partial charge in [0.2, 0.25) is 0 Å². The quantitative estimate of drug-likeness (QED) is 0.715. The molecule has 0 bridgehead atoms. The number of hydrogen-bond acceptors (Lipinski definition) is 1. The molecule has 0 aliphatic rings. The molecular weight excluding hydrogens is 179 g/mol. The zero-order valence-electron chi connectivity index (χ0n) is 8.75. The van der Waals surface area contributed by atoms with Gasteiger partial charge < -0.3 is 4.74 Å². The van der Waals surface area contributed by atoms with Crippen LogP contribution in [0, 0.1) is 11.7 Å². The van der Waals surface area contributed by atoms with E-state index in [-0.39, 0.29) is 5.82 Å². The fraction of sp³-hybridized carbons (Fsp3) is 0.333. The van der Waals surface area contributed by atoms with Crippen molar-refractivity contribution in [2.24, 2.45) is 5.92 Å². The summed E-state index contributed by atoms with van der Waals surface area (Å²) < 4.78 is 18.3. The maximum Gasteiger partial charge on any atom is 0.134 e. The fourth-order valence-electron chi connectivity index (χ4n) is 1.07. The Balaban J connectivity index is 2.89. The first-order valence-corrected chi connectivity index (χ1v) is 4.65. The van der Waals surface area contributed by atoms with Gasteiger partial charge in [-0.2, -0.15) is 0 Å². The fourth-order valence-corrected chi connectivity index (χ4v) is 1.07. The molecule has 0 N–H and O–H groups in total. The zero-order valence-corrected chi connectivity index (χ0v) is 8.75. The SMILES string of the molecule is COc1ccc(/C=C/C(C)C)c(F)c1. The van der Waals surface area contributed by atoms with Crippen LogP contribution in [0.15, 0.2) is 24.3 Å². The molecule has 76 valence electrons. The number of allylic oxidation sites excluding steroid dienone is 1. The van der Waals surface area contributed by atoms with Crippen molar-refractivity contribution in [1.29, 1.82) is 0 Å². The second kappa shape index (κ2) is 4.80. The Bertz CT molecular complexity index is 329. The average Bonchev–Trinajstić information content (AvgIpc) is 2.15. The van der Waals surface area contributed by atoms with Crippen LogP contribution < -0.4 is 4.74 Å². The minimum Gasteiger partial charge on any atom is -0.497 e. The van der Waals surface area contributed by atoms with E-state index in [1.165, 1.54) is 13.2 Å². The lowest BCUT2D eigenvalue weighted by atomic mass is 10.1. The van der Waals surface area contributed by atoms with E-state index in [0.29, 0.717) is 17.2 Å². The Morgan fingerprint density at radius 1 is 1.36 bits per heavy atom. The summed E-state index contributed by atoms with van der Waals surface area (Å²) in [7, 11) is 1.53. The Kier molecular flexibility index (Phi) is 3.69. The molecule has 0 atom stereocenters. The second-order valence-corrected chi connectivity index (χ2v) is 3.49. The summed E-state index contributed by atoms with van der Waals surface area (Å²) in [6, 6.07) is 4.86. The van der Waals surface area contributed by atoms with Crippen molar-refractivity contribution in [3.63, 3.8) is 0 Å². The molecule has 1 nitrogen and oxygen atoms in total. The maximum atomic E-state index is 13.4. The molecule has 0 aromatic heterocycles. The lowest BCUT2D eigenvalue weighted by Crippen LogP contribution is -1.87. The van der Waals surface area contributed by atoms with Crippen molar-refractivity contribution < 1.29 is 9.13 Å². The Morgan fingerprint density at radius 3 is 2.57 bits per heavy atom. The topological polar surface area (TPSA) is 9.23 Å². The van der Waals surface area contributed by atoms with Gasteiger partial charge in [0.1, 0.15) is 11.6 Å². The first-order chi connectivity index (χ1) is 6.63. The minimum absolute atomic E-state index is 0.249. The lowest BCUT2D eigenvalue weighted by molar-refractivity contribution is 0.411. The van der Waals surface area contributed by atoms with Gasteiger partial charge in [0, 0.05) is 11.6 Å². The molecule has 0 heterocycles. The van der Waals surface area contributed by atoms with E-state index in [1.54, 1.807) is 18.2 Å². The van der Waals surface area contributed by atoms with Crippen molar-refractivity contribution in [3.8, 4) is 5.75 Å². The van der Waals surface area contributed by atoms with Gasteiger partial charge in [0.25, 0.3) is 0 Å². The van der Waals surface area contributed by atoms with Crippen LogP contribution in [0.1, 0.15) is 19.4 Å². The first kappa shape index (κ1) is 10.8. The Labute approximate surface area is 84.2 Å². The maximum absolute atomic E-state index is 13.4. The smallest absolute Gasteiger partial charge is 0.134 e. The number of hydrogen-bond donors (Lipinski definition) is 0. The number of ether oxygens (including phenoxy) is 1. The highest BCUT2D eigenvalue weighted by Gasteiger charge is 2.00. The Hall–Kier alpha value is -1.31. The van der Waals surface area contributed by atoms with Crippen LogP contribution in [0.3, 0.4) is 0 Å². The first-order valence-electron chi connectivity index (χ1n) is 4.65. The van der Waals surface area contributed by atoms with E-state index in [2.05, 4.69) is 13.8 Å². The third kappa shape index (κ3) is 2.87. The minimum atomic E-state index is -0.249. The molecule has 1 aromatic carbocycles. The summed E-state index contributed by atoms with van der Waals surface area (Å²) in [5.74, 6) is 0.724. The molecule has 0 aliphatic heterocycles. The number of benzene rings is 1. The molecule has 0 amide bonds. The number of rotatable bonds is 3. The van der Waals surface area contributed by atoms with Gasteiger partial charge >= 0.3 is 0 Å². The molecule has 0 spiro atoms. The van der Waals surface area contributed by atoms with Crippen LogP contribution in [0.5, 0.6) is 5.75 Å². The van der Waals surface area contributed by atoms with Crippen LogP contribution in [-0.2, 0) is 0 Å². The van der Waals surface area contributed by atoms with Crippen molar-refractivity contribution in [3.05, 3.63) is 35.7 Å². The van der Waals surface area contributed by atoms with Crippen LogP contribution in [0.2, 0.25) is 0 Å². The Morgan fingerprint density at radius 2 is 2.07 bits per heavy atom. The third-order valence-electron chi connectivity index (χ3n) is 1.87. The van der Waals surface area contributed by atoms with Crippen LogP contribution >= 0.6 is 0 Å². The molecule has 14 heavy (non-hydrogen) atoms. The van der Waals surface area contributed by atoms with Crippen molar-refractivity contribution >= 4 is 6.08 Å². The predicted octanol–water partition coefficient (Wildman–Crippen LogP) is 3.50. The summed E-state index contributed by atoms with van der Waals surface area (Å²) in [6.45, 7) is 4.11. The summed E-state index contributed by atoms with van der Waals surface area (Å²) >= 11 is 0. The molecule has 1 aromatic rings. The van der Waals surface area contributed by atoms with Gasteiger partial charge in [-0.1, -0.05) is 26.0 Å². The summed E-state index contributed by atoms with van der Waals surface area (Å²) in [5, 5.41) is 0. The third-order valence-corrected chi connectivity index (χ3v) is 1.87. The molecule has 0 radical (unpaired) electrons. The summed E-state index contributed by atoms with van der Waals surface area (Å²) in [5.41, 5.74) is 0.597. The van der Waals surface area contributed by atoms with Crippen molar-refractivity contribution in [1.82, 2.24) is 0 Å². The van der Waals surface area contributed by atoms with Gasteiger partial charge in [-0.15, -0.1) is 0 Å². The molecule has 0 unspecified atom stereocenters. The average molecular weight is 194 g/mol. The van der Waals surface area contributed by atoms with Gasteiger partial charge in [-0.25, -0.2) is 4.39 Å². The number of methoxy groups -OCH3 is 1. The normalized spacial score (nSPS) is 11.2. The van der Waals surface area contributed by atoms with E-state index in [1.807, 2.05) is 6.08 Å². The highest BCUT2D eigenvalue weighted by molar-refractivity contribution is 5.51. The van der Waals surface area contributed by atoms with Crippen LogP contribution in [-0.4, -0.2) is 7.11 Å². The second-order valence-electron chi connectivity index (χ2n) is 3.49. The highest BCUT2D eigenvalue weighted by atomic mass is 19.1. The van der Waals surface area contributed by atoms with Gasteiger partial charge in [0.05, 0.1) is 7.11 Å². The molecule has 1 rings (SSSR count). The van der Waals surface area contributed by atoms with Crippen LogP contribution in [0.25, 0.3) is 6.08 Å². The van der Waals surface area contributed by atoms with Crippen LogP contribution in [0.4, 0.5) is 4.39 Å². The van der Waals surface area contributed by atoms with Gasteiger partial charge in [-0.3, -0.25) is 0 Å². The zero-order chi connectivity index (χ0) is 10.6. The van der Waals surface area contributed by atoms with E-state index in [4.69, 9.17) is 4.74 Å². The van der Waals surface area contributed by atoms with E-state index in [9.17, 15) is 4.39 Å². The molecule has 0 fully saturated rings. The number of halogens is 1. The predicted molar refractivity (Wildman–Crippen MR) is 56.8 cm³/mol. The standard InChI is InChI=1S/C12H15FO/c1-9(2)4-5-10-6-7-11(14-3)8-12(10)13/h4-9H,1-3H3/b5-4+. The molecule has 0 saturated heterocycles. The highest BCUT2D eigenvalue weighted by Crippen LogP contribution is 2.17. The molecular formula is C12H15FO. The molecule has 0 saturated carbocycles.